The Hall–Kier alpha value is 0.290. The van der Waals surface area contributed by atoms with Gasteiger partial charge in [-0.05, 0) is 30.6 Å². The number of halogens is 1. The lowest BCUT2D eigenvalue weighted by atomic mass is 9.72. The van der Waals surface area contributed by atoms with Crippen LogP contribution in [0.5, 0.6) is 0 Å². The topological polar surface area (TPSA) is 0 Å². The first-order chi connectivity index (χ1) is 5.00. The molecular weight excluding hydrogens is 156 g/mol. The lowest BCUT2D eigenvalue weighted by Gasteiger charge is -2.35. The van der Waals surface area contributed by atoms with E-state index in [-0.39, 0.29) is 0 Å². The maximum atomic E-state index is 6.12. The zero-order valence-corrected chi connectivity index (χ0v) is 8.62. The quantitative estimate of drug-likeness (QED) is 0.490. The van der Waals surface area contributed by atoms with Crippen LogP contribution < -0.4 is 0 Å². The second-order valence-corrected chi connectivity index (χ2v) is 5.44. The first-order valence-electron chi connectivity index (χ1n) is 4.64. The number of hydrogen-bond donors (Lipinski definition) is 0. The van der Waals surface area contributed by atoms with Crippen molar-refractivity contribution in [1.29, 1.82) is 0 Å². The minimum Gasteiger partial charge on any atom is -0.123 e. The van der Waals surface area contributed by atoms with E-state index in [9.17, 15) is 0 Å². The Morgan fingerprint density at radius 1 is 1.18 bits per heavy atom. The van der Waals surface area contributed by atoms with Crippen LogP contribution in [0, 0.1) is 11.3 Å². The fraction of sp³-hybridized carbons (Fsp3) is 1.00. The van der Waals surface area contributed by atoms with E-state index >= 15 is 0 Å². The minimum absolute atomic E-state index is 0.452. The lowest BCUT2D eigenvalue weighted by Crippen LogP contribution is -2.27. The molecule has 0 aliphatic heterocycles. The summed E-state index contributed by atoms with van der Waals surface area (Å²) >= 11 is 6.12. The second-order valence-electron chi connectivity index (χ2n) is 4.83. The molecule has 1 fully saturated rings. The standard InChI is InChI=1S/C10H19Cl/c1-10(2,3)8-5-4-6-9(11)7-8/h8-9H,4-7H2,1-3H3/t8-,9-/m0/s1. The van der Waals surface area contributed by atoms with Gasteiger partial charge in [0.15, 0.2) is 0 Å². The van der Waals surface area contributed by atoms with E-state index in [4.69, 9.17) is 11.6 Å². The van der Waals surface area contributed by atoms with Crippen LogP contribution in [-0.2, 0) is 0 Å². The molecule has 66 valence electrons. The van der Waals surface area contributed by atoms with Crippen molar-refractivity contribution in [2.45, 2.75) is 51.8 Å². The summed E-state index contributed by atoms with van der Waals surface area (Å²) in [5.74, 6) is 0.846. The summed E-state index contributed by atoms with van der Waals surface area (Å²) in [6.07, 6.45) is 5.17. The monoisotopic (exact) mass is 174 g/mol. The molecule has 1 rings (SSSR count). The molecule has 0 aromatic carbocycles. The Morgan fingerprint density at radius 2 is 1.82 bits per heavy atom. The second kappa shape index (κ2) is 3.35. The molecule has 1 aliphatic rings. The Labute approximate surface area is 75.3 Å². The molecule has 2 atom stereocenters. The third-order valence-corrected chi connectivity index (χ3v) is 3.23. The van der Waals surface area contributed by atoms with Crippen molar-refractivity contribution in [3.63, 3.8) is 0 Å². The van der Waals surface area contributed by atoms with E-state index in [0.717, 1.165) is 5.92 Å². The largest absolute Gasteiger partial charge is 0.123 e. The van der Waals surface area contributed by atoms with Crippen LogP contribution in [0.2, 0.25) is 0 Å². The van der Waals surface area contributed by atoms with Crippen LogP contribution in [0.15, 0.2) is 0 Å². The smallest absolute Gasteiger partial charge is 0.0338 e. The molecule has 0 bridgehead atoms. The SMILES string of the molecule is CC(C)(C)[C@H]1CCC[C@H](Cl)C1. The highest BCUT2D eigenvalue weighted by Gasteiger charge is 2.29. The van der Waals surface area contributed by atoms with Gasteiger partial charge in [-0.3, -0.25) is 0 Å². The predicted octanol–water partition coefficient (Wildman–Crippen LogP) is 3.83. The third kappa shape index (κ3) is 2.66. The summed E-state index contributed by atoms with van der Waals surface area (Å²) in [7, 11) is 0. The highest BCUT2D eigenvalue weighted by molar-refractivity contribution is 6.20. The lowest BCUT2D eigenvalue weighted by molar-refractivity contribution is 0.182. The van der Waals surface area contributed by atoms with Crippen LogP contribution in [0.1, 0.15) is 46.5 Å². The van der Waals surface area contributed by atoms with Gasteiger partial charge in [-0.15, -0.1) is 11.6 Å². The van der Waals surface area contributed by atoms with Gasteiger partial charge < -0.3 is 0 Å². The van der Waals surface area contributed by atoms with Crippen molar-refractivity contribution in [2.24, 2.45) is 11.3 Å². The molecule has 0 N–H and O–H groups in total. The van der Waals surface area contributed by atoms with Crippen molar-refractivity contribution >= 4 is 11.6 Å². The summed E-state index contributed by atoms with van der Waals surface area (Å²) in [4.78, 5) is 0. The molecule has 0 unspecified atom stereocenters. The first-order valence-corrected chi connectivity index (χ1v) is 5.08. The summed E-state index contributed by atoms with van der Waals surface area (Å²) in [6, 6.07) is 0. The van der Waals surface area contributed by atoms with Crippen LogP contribution in [-0.4, -0.2) is 5.38 Å². The van der Waals surface area contributed by atoms with E-state index < -0.39 is 0 Å². The van der Waals surface area contributed by atoms with E-state index in [1.807, 2.05) is 0 Å². The molecule has 0 amide bonds. The fourth-order valence-corrected chi connectivity index (χ4v) is 2.29. The summed E-state index contributed by atoms with van der Waals surface area (Å²) < 4.78 is 0. The van der Waals surface area contributed by atoms with E-state index in [1.54, 1.807) is 0 Å². The van der Waals surface area contributed by atoms with Gasteiger partial charge in [0.1, 0.15) is 0 Å². The molecule has 0 radical (unpaired) electrons. The van der Waals surface area contributed by atoms with Crippen LogP contribution in [0.25, 0.3) is 0 Å². The Balaban J connectivity index is 2.46. The van der Waals surface area contributed by atoms with Crippen LogP contribution >= 0.6 is 11.6 Å². The molecule has 0 aromatic heterocycles. The van der Waals surface area contributed by atoms with Gasteiger partial charge >= 0.3 is 0 Å². The summed E-state index contributed by atoms with van der Waals surface area (Å²) in [5.41, 5.74) is 0.466. The Kier molecular flexibility index (Phi) is 2.85. The van der Waals surface area contributed by atoms with Crippen LogP contribution in [0.3, 0.4) is 0 Å². The molecule has 1 heteroatoms. The van der Waals surface area contributed by atoms with Gasteiger partial charge in [-0.1, -0.05) is 27.2 Å². The van der Waals surface area contributed by atoms with E-state index in [1.165, 1.54) is 25.7 Å². The van der Waals surface area contributed by atoms with Gasteiger partial charge in [0.25, 0.3) is 0 Å². The zero-order valence-electron chi connectivity index (χ0n) is 7.86. The Bertz CT molecular complexity index is 123. The van der Waals surface area contributed by atoms with Crippen molar-refractivity contribution in [2.75, 3.05) is 0 Å². The highest BCUT2D eigenvalue weighted by Crippen LogP contribution is 2.39. The van der Waals surface area contributed by atoms with Crippen molar-refractivity contribution < 1.29 is 0 Å². The molecular formula is C10H19Cl. The molecule has 11 heavy (non-hydrogen) atoms. The van der Waals surface area contributed by atoms with Gasteiger partial charge in [-0.2, -0.15) is 0 Å². The van der Waals surface area contributed by atoms with Gasteiger partial charge in [0, 0.05) is 5.38 Å². The van der Waals surface area contributed by atoms with Gasteiger partial charge in [-0.25, -0.2) is 0 Å². The van der Waals surface area contributed by atoms with Gasteiger partial charge in [0.2, 0.25) is 0 Å². The molecule has 0 spiro atoms. The summed E-state index contributed by atoms with van der Waals surface area (Å²) in [5, 5.41) is 0.452. The molecule has 0 aromatic rings. The Morgan fingerprint density at radius 3 is 2.18 bits per heavy atom. The first kappa shape index (κ1) is 9.38. The number of hydrogen-bond acceptors (Lipinski definition) is 0. The molecule has 1 aliphatic carbocycles. The highest BCUT2D eigenvalue weighted by atomic mass is 35.5. The van der Waals surface area contributed by atoms with Gasteiger partial charge in [0.05, 0.1) is 0 Å². The van der Waals surface area contributed by atoms with E-state index in [0.29, 0.717) is 10.8 Å². The molecule has 0 nitrogen and oxygen atoms in total. The van der Waals surface area contributed by atoms with Crippen LogP contribution in [0.4, 0.5) is 0 Å². The molecule has 0 saturated heterocycles. The molecule has 0 heterocycles. The minimum atomic E-state index is 0.452. The van der Waals surface area contributed by atoms with Crippen molar-refractivity contribution in [1.82, 2.24) is 0 Å². The normalized spacial score (nSPS) is 33.8. The molecule has 1 saturated carbocycles. The van der Waals surface area contributed by atoms with Crippen molar-refractivity contribution in [3.05, 3.63) is 0 Å². The van der Waals surface area contributed by atoms with Crippen molar-refractivity contribution in [3.8, 4) is 0 Å². The fourth-order valence-electron chi connectivity index (χ4n) is 1.92. The average molecular weight is 175 g/mol. The summed E-state index contributed by atoms with van der Waals surface area (Å²) in [6.45, 7) is 6.98. The predicted molar refractivity (Wildman–Crippen MR) is 51.1 cm³/mol. The maximum Gasteiger partial charge on any atom is 0.0338 e. The zero-order chi connectivity index (χ0) is 8.48. The third-order valence-electron chi connectivity index (χ3n) is 2.83. The maximum absolute atomic E-state index is 6.12. The number of rotatable bonds is 0. The number of alkyl halides is 1. The van der Waals surface area contributed by atoms with E-state index in [2.05, 4.69) is 20.8 Å². The average Bonchev–Trinajstić information content (AvgIpc) is 1.86.